The number of nitrogens with zero attached hydrogens (tertiary/aromatic N) is 2. The van der Waals surface area contributed by atoms with E-state index in [9.17, 15) is 13.2 Å². The molecule has 0 spiro atoms. The summed E-state index contributed by atoms with van der Waals surface area (Å²) < 4.78 is 34.8. The summed E-state index contributed by atoms with van der Waals surface area (Å²) in [6.07, 6.45) is 3.00. The lowest BCUT2D eigenvalue weighted by Gasteiger charge is -2.13. The Morgan fingerprint density at radius 1 is 1.40 bits per heavy atom. The minimum Gasteiger partial charge on any atom is -0.468 e. The summed E-state index contributed by atoms with van der Waals surface area (Å²) in [5, 5.41) is 3.96. The number of aromatic nitrogens is 1. The zero-order valence-electron chi connectivity index (χ0n) is 13.4. The Kier molecular flexibility index (Phi) is 5.77. The first-order valence-electron chi connectivity index (χ1n) is 6.98. The van der Waals surface area contributed by atoms with Gasteiger partial charge in [-0.1, -0.05) is 6.07 Å². The van der Waals surface area contributed by atoms with E-state index in [1.165, 1.54) is 38.6 Å². The second-order valence-electron chi connectivity index (χ2n) is 5.03. The second kappa shape index (κ2) is 7.64. The number of fused-ring (bicyclic) bond motifs is 1. The van der Waals surface area contributed by atoms with Crippen molar-refractivity contribution in [2.45, 2.75) is 17.9 Å². The molecule has 0 saturated heterocycles. The van der Waals surface area contributed by atoms with Crippen LogP contribution in [0.15, 0.2) is 40.0 Å². The van der Waals surface area contributed by atoms with Crippen LogP contribution in [0, 0.1) is 0 Å². The van der Waals surface area contributed by atoms with Crippen LogP contribution in [0.3, 0.4) is 0 Å². The second-order valence-corrected chi connectivity index (χ2v) is 6.91. The molecule has 0 aliphatic heterocycles. The van der Waals surface area contributed by atoms with Crippen molar-refractivity contribution in [3.8, 4) is 0 Å². The van der Waals surface area contributed by atoms with Crippen LogP contribution < -0.4 is 15.8 Å². The molecule has 2 aromatic rings. The highest BCUT2D eigenvalue weighted by atomic mass is 35.5. The molecule has 0 aliphatic rings. The number of hydrogen-bond donors (Lipinski definition) is 3. The molecule has 134 valence electrons. The molecule has 0 radical (unpaired) electrons. The smallest absolute Gasteiger partial charge is 0.323 e. The molecule has 1 aromatic carbocycles. The van der Waals surface area contributed by atoms with Gasteiger partial charge >= 0.3 is 5.97 Å². The number of nitrogens with two attached hydrogens (primary N) is 1. The third-order valence-corrected chi connectivity index (χ3v) is 5.00. The van der Waals surface area contributed by atoms with Gasteiger partial charge in [-0.25, -0.2) is 8.42 Å². The van der Waals surface area contributed by atoms with E-state index in [-0.39, 0.29) is 10.9 Å². The number of hydrogen-bond acceptors (Lipinski definition) is 6. The lowest BCUT2D eigenvalue weighted by molar-refractivity contribution is -0.142. The van der Waals surface area contributed by atoms with E-state index in [0.717, 1.165) is 0 Å². The van der Waals surface area contributed by atoms with Crippen molar-refractivity contribution < 1.29 is 17.9 Å². The molecule has 9 nitrogen and oxygen atoms in total. The van der Waals surface area contributed by atoms with E-state index in [4.69, 9.17) is 17.5 Å². The van der Waals surface area contributed by atoms with Crippen LogP contribution in [-0.2, 0) is 19.6 Å². The number of benzene rings is 1. The fourth-order valence-electron chi connectivity index (χ4n) is 2.11. The first kappa shape index (κ1) is 18.9. The van der Waals surface area contributed by atoms with E-state index in [2.05, 4.69) is 24.3 Å². The number of rotatable bonds is 5. The number of guanidine groups is 1. The SMILES string of the molecule is COC(=O)[C@@H](C)NS(=O)(=O)c1ccc2c(NC(N)=NCl)cncc2c1. The predicted octanol–water partition coefficient (Wildman–Crippen LogP) is 0.955. The van der Waals surface area contributed by atoms with Crippen LogP contribution >= 0.6 is 11.8 Å². The number of esters is 1. The molecule has 0 bridgehead atoms. The highest BCUT2D eigenvalue weighted by molar-refractivity contribution is 7.89. The quantitative estimate of drug-likeness (QED) is 0.396. The Balaban J connectivity index is 2.40. The fraction of sp³-hybridized carbons (Fsp3) is 0.214. The van der Waals surface area contributed by atoms with Crippen molar-refractivity contribution in [3.05, 3.63) is 30.6 Å². The first-order valence-corrected chi connectivity index (χ1v) is 8.80. The zero-order valence-corrected chi connectivity index (χ0v) is 14.9. The molecule has 0 fully saturated rings. The monoisotopic (exact) mass is 385 g/mol. The van der Waals surface area contributed by atoms with E-state index < -0.39 is 22.0 Å². The Bertz CT molecular complexity index is 932. The molecular formula is C14H16ClN5O4S. The normalized spacial score (nSPS) is 13.5. The van der Waals surface area contributed by atoms with Crippen LogP contribution in [-0.4, -0.2) is 38.5 Å². The van der Waals surface area contributed by atoms with Gasteiger partial charge in [0.05, 0.1) is 23.9 Å². The summed E-state index contributed by atoms with van der Waals surface area (Å²) >= 11 is 5.28. The van der Waals surface area contributed by atoms with Gasteiger partial charge in [0.1, 0.15) is 6.04 Å². The maximum Gasteiger partial charge on any atom is 0.323 e. The van der Waals surface area contributed by atoms with Gasteiger partial charge in [0.25, 0.3) is 0 Å². The lowest BCUT2D eigenvalue weighted by Crippen LogP contribution is -2.39. The molecule has 25 heavy (non-hydrogen) atoms. The number of sulfonamides is 1. The Hall–Kier alpha value is -2.43. The minimum absolute atomic E-state index is 0.0197. The lowest BCUT2D eigenvalue weighted by atomic mass is 10.1. The maximum atomic E-state index is 12.4. The number of nitrogens with one attached hydrogen (secondary N) is 2. The number of ether oxygens (including phenoxy) is 1. The van der Waals surface area contributed by atoms with Gasteiger partial charge in [0.2, 0.25) is 16.0 Å². The Labute approximate surface area is 149 Å². The third kappa shape index (κ3) is 4.35. The number of carbonyl (C=O) groups excluding carboxylic acids is 1. The molecular weight excluding hydrogens is 370 g/mol. The summed E-state index contributed by atoms with van der Waals surface area (Å²) in [6, 6.07) is 3.39. The molecule has 1 atom stereocenters. The minimum atomic E-state index is -3.92. The Morgan fingerprint density at radius 3 is 2.76 bits per heavy atom. The van der Waals surface area contributed by atoms with Crippen molar-refractivity contribution in [2.24, 2.45) is 10.2 Å². The number of carbonyl (C=O) groups is 1. The molecule has 1 aromatic heterocycles. The van der Waals surface area contributed by atoms with Gasteiger partial charge in [-0.2, -0.15) is 4.72 Å². The van der Waals surface area contributed by atoms with Crippen LogP contribution in [0.1, 0.15) is 6.92 Å². The first-order chi connectivity index (χ1) is 11.8. The molecule has 0 aliphatic carbocycles. The number of halogens is 1. The summed E-state index contributed by atoms with van der Waals surface area (Å²) in [5.74, 6) is -0.713. The van der Waals surface area contributed by atoms with Crippen LogP contribution in [0.5, 0.6) is 0 Å². The fourth-order valence-corrected chi connectivity index (χ4v) is 3.38. The van der Waals surface area contributed by atoms with E-state index in [1.807, 2.05) is 0 Å². The largest absolute Gasteiger partial charge is 0.468 e. The van der Waals surface area contributed by atoms with Crippen LogP contribution in [0.2, 0.25) is 0 Å². The van der Waals surface area contributed by atoms with E-state index in [1.54, 1.807) is 6.07 Å². The average molecular weight is 386 g/mol. The summed E-state index contributed by atoms with van der Waals surface area (Å²) in [7, 11) is -2.74. The van der Waals surface area contributed by atoms with Crippen LogP contribution in [0.4, 0.5) is 5.69 Å². The van der Waals surface area contributed by atoms with Gasteiger partial charge in [-0.15, -0.1) is 4.51 Å². The van der Waals surface area contributed by atoms with Crippen molar-refractivity contribution in [1.82, 2.24) is 9.71 Å². The van der Waals surface area contributed by atoms with E-state index in [0.29, 0.717) is 16.5 Å². The van der Waals surface area contributed by atoms with Gasteiger partial charge in [-0.3, -0.25) is 9.78 Å². The van der Waals surface area contributed by atoms with E-state index >= 15 is 0 Å². The number of pyridine rings is 1. The Morgan fingerprint density at radius 2 is 2.12 bits per heavy atom. The molecule has 1 heterocycles. The highest BCUT2D eigenvalue weighted by Crippen LogP contribution is 2.25. The predicted molar refractivity (Wildman–Crippen MR) is 94.6 cm³/mol. The van der Waals surface area contributed by atoms with Crippen molar-refractivity contribution in [2.75, 3.05) is 12.4 Å². The van der Waals surface area contributed by atoms with Gasteiger partial charge in [-0.05, 0) is 19.1 Å². The highest BCUT2D eigenvalue weighted by Gasteiger charge is 2.22. The topological polar surface area (TPSA) is 136 Å². The van der Waals surface area contributed by atoms with Gasteiger partial charge in [0.15, 0.2) is 0 Å². The van der Waals surface area contributed by atoms with Crippen LogP contribution in [0.25, 0.3) is 10.8 Å². The average Bonchev–Trinajstić information content (AvgIpc) is 2.60. The summed E-state index contributed by atoms with van der Waals surface area (Å²) in [4.78, 5) is 15.4. The van der Waals surface area contributed by atoms with Crippen molar-refractivity contribution >= 4 is 50.2 Å². The molecule has 4 N–H and O–H groups in total. The summed E-state index contributed by atoms with van der Waals surface area (Å²) in [6.45, 7) is 1.39. The zero-order chi connectivity index (χ0) is 18.6. The molecule has 0 unspecified atom stereocenters. The molecule has 2 rings (SSSR count). The van der Waals surface area contributed by atoms with Gasteiger partial charge < -0.3 is 15.8 Å². The van der Waals surface area contributed by atoms with Crippen molar-refractivity contribution in [3.63, 3.8) is 0 Å². The standard InChI is InChI=1S/C14H16ClN5O4S/c1-8(13(21)24-2)20-25(22,23)10-3-4-11-9(5-10)6-17-7-12(11)18-14(16)19-15/h3-8,20H,1-2H3,(H3,16,18,19)/t8-/m1/s1. The summed E-state index contributed by atoms with van der Waals surface area (Å²) in [5.41, 5.74) is 6.03. The molecule has 11 heteroatoms. The number of anilines is 1. The molecule has 0 saturated carbocycles. The maximum absolute atomic E-state index is 12.4. The van der Waals surface area contributed by atoms with Crippen molar-refractivity contribution in [1.29, 1.82) is 0 Å². The molecule has 0 amide bonds. The number of methoxy groups -OCH3 is 1. The third-order valence-electron chi connectivity index (χ3n) is 3.28. The van der Waals surface area contributed by atoms with Gasteiger partial charge in [0, 0.05) is 28.7 Å².